The van der Waals surface area contributed by atoms with Crippen molar-refractivity contribution in [2.75, 3.05) is 20.2 Å². The summed E-state index contributed by atoms with van der Waals surface area (Å²) in [6.07, 6.45) is -5.30. The number of hydrogen-bond donors (Lipinski definition) is 2. The molecular weight excluding hydrogens is 349 g/mol. The van der Waals surface area contributed by atoms with Gasteiger partial charge in [0.25, 0.3) is 0 Å². The van der Waals surface area contributed by atoms with Gasteiger partial charge < -0.3 is 20.1 Å². The van der Waals surface area contributed by atoms with E-state index in [-0.39, 0.29) is 37.2 Å². The summed E-state index contributed by atoms with van der Waals surface area (Å²) in [4.78, 5) is 3.78. The molecule has 0 aliphatic carbocycles. The molecule has 0 unspecified atom stereocenters. The third kappa shape index (κ3) is 7.90. The molecule has 0 spiro atoms. The molecule has 0 fully saturated rings. The summed E-state index contributed by atoms with van der Waals surface area (Å²) < 4.78 is 71.5. The Bertz CT molecular complexity index is 565. The van der Waals surface area contributed by atoms with Gasteiger partial charge in [-0.05, 0) is 13.0 Å². The van der Waals surface area contributed by atoms with Gasteiger partial charge in [-0.25, -0.2) is 0 Å². The Morgan fingerprint density at radius 1 is 1.24 bits per heavy atom. The Kier molecular flexibility index (Phi) is 8.23. The Balaban J connectivity index is 2.75. The van der Waals surface area contributed by atoms with Crippen molar-refractivity contribution in [2.45, 2.75) is 32.7 Å². The van der Waals surface area contributed by atoms with Crippen molar-refractivity contribution in [3.05, 3.63) is 23.8 Å². The van der Waals surface area contributed by atoms with E-state index < -0.39 is 19.2 Å². The molecule has 1 rings (SSSR count). The maximum atomic E-state index is 12.6. The number of para-hydroxylation sites is 1. The van der Waals surface area contributed by atoms with Crippen LogP contribution in [0.25, 0.3) is 0 Å². The van der Waals surface area contributed by atoms with Crippen LogP contribution in [0.2, 0.25) is 0 Å². The van der Waals surface area contributed by atoms with E-state index in [1.807, 2.05) is 0 Å². The number of hydrogen-bond acceptors (Lipinski definition) is 3. The molecule has 5 nitrogen and oxygen atoms in total. The minimum atomic E-state index is -4.28. The van der Waals surface area contributed by atoms with Crippen LogP contribution in [0.5, 0.6) is 11.5 Å². The van der Waals surface area contributed by atoms with Crippen molar-refractivity contribution < 1.29 is 31.4 Å². The highest BCUT2D eigenvalue weighted by Gasteiger charge is 2.26. The predicted molar refractivity (Wildman–Crippen MR) is 83.1 cm³/mol. The van der Waals surface area contributed by atoms with Gasteiger partial charge in [0, 0.05) is 25.7 Å². The van der Waals surface area contributed by atoms with Gasteiger partial charge in [-0.3, -0.25) is 4.99 Å². The highest BCUT2D eigenvalue weighted by Crippen LogP contribution is 2.32. The monoisotopic (exact) mass is 369 g/mol. The minimum Gasteiger partial charge on any atom is -0.490 e. The number of halogens is 5. The molecule has 0 amide bonds. The second kappa shape index (κ2) is 9.90. The van der Waals surface area contributed by atoms with Crippen LogP contribution < -0.4 is 20.1 Å². The lowest BCUT2D eigenvalue weighted by Crippen LogP contribution is -2.38. The van der Waals surface area contributed by atoms with Gasteiger partial charge in [-0.2, -0.15) is 22.0 Å². The molecule has 0 aliphatic rings. The number of alkyl halides is 5. The van der Waals surface area contributed by atoms with E-state index in [1.54, 1.807) is 13.0 Å². The first-order valence-electron chi connectivity index (χ1n) is 7.47. The van der Waals surface area contributed by atoms with Crippen molar-refractivity contribution in [3.63, 3.8) is 0 Å². The molecule has 2 N–H and O–H groups in total. The van der Waals surface area contributed by atoms with E-state index in [0.29, 0.717) is 5.56 Å². The first-order chi connectivity index (χ1) is 11.8. The maximum Gasteiger partial charge on any atom is 0.390 e. The van der Waals surface area contributed by atoms with Gasteiger partial charge in [0.15, 0.2) is 17.5 Å². The topological polar surface area (TPSA) is 54.9 Å². The second-order valence-corrected chi connectivity index (χ2v) is 4.77. The number of nitrogens with zero attached hydrogens (tertiary/aromatic N) is 1. The van der Waals surface area contributed by atoms with Crippen LogP contribution in [0.15, 0.2) is 23.2 Å². The standard InChI is InChI=1S/C15H20F5N3O2/c1-3-24-11-6-4-5-10(12(11)25-13(16)17)9-23-14(21-2)22-8-7-15(18,19)20/h4-6,13H,3,7-9H2,1-2H3,(H2,21,22,23). The number of guanidine groups is 1. The fourth-order valence-electron chi connectivity index (χ4n) is 1.91. The van der Waals surface area contributed by atoms with Crippen molar-refractivity contribution in [3.8, 4) is 11.5 Å². The number of ether oxygens (including phenoxy) is 2. The predicted octanol–water partition coefficient (Wildman–Crippen LogP) is 3.30. The number of nitrogens with one attached hydrogen (secondary N) is 2. The Hall–Kier alpha value is -2.26. The molecule has 0 aliphatic heterocycles. The molecule has 142 valence electrons. The van der Waals surface area contributed by atoms with Crippen molar-refractivity contribution >= 4 is 5.96 Å². The average Bonchev–Trinajstić information content (AvgIpc) is 2.51. The lowest BCUT2D eigenvalue weighted by atomic mass is 10.2. The van der Waals surface area contributed by atoms with E-state index in [4.69, 9.17) is 4.74 Å². The van der Waals surface area contributed by atoms with E-state index >= 15 is 0 Å². The zero-order valence-corrected chi connectivity index (χ0v) is 13.8. The van der Waals surface area contributed by atoms with Gasteiger partial charge in [0.1, 0.15) is 0 Å². The molecule has 0 atom stereocenters. The first-order valence-corrected chi connectivity index (χ1v) is 7.47. The lowest BCUT2D eigenvalue weighted by Gasteiger charge is -2.17. The molecule has 10 heteroatoms. The normalized spacial score (nSPS) is 12.2. The van der Waals surface area contributed by atoms with Gasteiger partial charge in [-0.15, -0.1) is 0 Å². The quantitative estimate of drug-likeness (QED) is 0.419. The Morgan fingerprint density at radius 3 is 2.52 bits per heavy atom. The van der Waals surface area contributed by atoms with Gasteiger partial charge in [0.05, 0.1) is 13.0 Å². The van der Waals surface area contributed by atoms with Crippen LogP contribution in [0.4, 0.5) is 22.0 Å². The molecule has 0 bridgehead atoms. The molecular formula is C15H20F5N3O2. The smallest absolute Gasteiger partial charge is 0.390 e. The summed E-state index contributed by atoms with van der Waals surface area (Å²) in [5.74, 6) is 0.133. The van der Waals surface area contributed by atoms with Crippen LogP contribution in [0.1, 0.15) is 18.9 Å². The summed E-state index contributed by atoms with van der Waals surface area (Å²) in [5, 5.41) is 5.24. The third-order valence-corrected chi connectivity index (χ3v) is 2.94. The fraction of sp³-hybridized carbons (Fsp3) is 0.533. The van der Waals surface area contributed by atoms with Gasteiger partial charge >= 0.3 is 12.8 Å². The van der Waals surface area contributed by atoms with E-state index in [9.17, 15) is 22.0 Å². The summed E-state index contributed by atoms with van der Waals surface area (Å²) in [5.41, 5.74) is 0.352. The van der Waals surface area contributed by atoms with Crippen molar-refractivity contribution in [1.82, 2.24) is 10.6 Å². The molecule has 0 heterocycles. The number of benzene rings is 1. The summed E-state index contributed by atoms with van der Waals surface area (Å²) in [6.45, 7) is -1.43. The lowest BCUT2D eigenvalue weighted by molar-refractivity contribution is -0.132. The van der Waals surface area contributed by atoms with E-state index in [0.717, 1.165) is 0 Å². The number of aliphatic imine (C=N–C) groups is 1. The zero-order chi connectivity index (χ0) is 18.9. The van der Waals surface area contributed by atoms with Crippen molar-refractivity contribution in [1.29, 1.82) is 0 Å². The zero-order valence-electron chi connectivity index (χ0n) is 13.8. The highest BCUT2D eigenvalue weighted by molar-refractivity contribution is 5.79. The molecule has 0 aromatic heterocycles. The molecule has 0 saturated carbocycles. The van der Waals surface area contributed by atoms with Gasteiger partial charge in [0.2, 0.25) is 0 Å². The van der Waals surface area contributed by atoms with Crippen LogP contribution in [-0.2, 0) is 6.54 Å². The summed E-state index contributed by atoms with van der Waals surface area (Å²) >= 11 is 0. The molecule has 25 heavy (non-hydrogen) atoms. The van der Waals surface area contributed by atoms with Gasteiger partial charge in [-0.1, -0.05) is 12.1 Å². The molecule has 0 radical (unpaired) electrons. The molecule has 1 aromatic carbocycles. The third-order valence-electron chi connectivity index (χ3n) is 2.94. The highest BCUT2D eigenvalue weighted by atomic mass is 19.4. The Labute approximate surface area is 142 Å². The minimum absolute atomic E-state index is 0.00859. The van der Waals surface area contributed by atoms with Crippen LogP contribution in [-0.4, -0.2) is 38.9 Å². The van der Waals surface area contributed by atoms with Crippen LogP contribution >= 0.6 is 0 Å². The fourth-order valence-corrected chi connectivity index (χ4v) is 1.91. The number of rotatable bonds is 8. The summed E-state index contributed by atoms with van der Waals surface area (Å²) in [6, 6.07) is 4.62. The SMILES string of the molecule is CCOc1cccc(CNC(=NC)NCCC(F)(F)F)c1OC(F)F. The van der Waals surface area contributed by atoms with Crippen LogP contribution in [0, 0.1) is 0 Å². The summed E-state index contributed by atoms with van der Waals surface area (Å²) in [7, 11) is 1.39. The largest absolute Gasteiger partial charge is 0.490 e. The first kappa shape index (κ1) is 20.8. The molecule has 1 aromatic rings. The van der Waals surface area contributed by atoms with E-state index in [2.05, 4.69) is 20.4 Å². The van der Waals surface area contributed by atoms with Crippen molar-refractivity contribution in [2.24, 2.45) is 4.99 Å². The second-order valence-electron chi connectivity index (χ2n) is 4.77. The molecule has 0 saturated heterocycles. The van der Waals surface area contributed by atoms with Crippen LogP contribution in [0.3, 0.4) is 0 Å². The average molecular weight is 369 g/mol. The maximum absolute atomic E-state index is 12.6. The Morgan fingerprint density at radius 2 is 1.96 bits per heavy atom. The van der Waals surface area contributed by atoms with E-state index in [1.165, 1.54) is 19.2 Å².